The summed E-state index contributed by atoms with van der Waals surface area (Å²) < 4.78 is 0. The van der Waals surface area contributed by atoms with Crippen molar-refractivity contribution in [3.8, 4) is 11.1 Å². The lowest BCUT2D eigenvalue weighted by molar-refractivity contribution is -0.135. The number of hydrogen-bond donors (Lipinski definition) is 0. The number of rotatable bonds is 3. The number of Topliss-reactive ketones (excluding diaryl/α,β-unsaturated/α-hetero) is 2. The summed E-state index contributed by atoms with van der Waals surface area (Å²) in [4.78, 5) is 25.7. The molecule has 2 bridgehead atoms. The maximum Gasteiger partial charge on any atom is 0.154 e. The molecule has 0 aliphatic heterocycles. The second kappa shape index (κ2) is 6.27. The van der Waals surface area contributed by atoms with E-state index >= 15 is 0 Å². The molecule has 2 aromatic rings. The van der Waals surface area contributed by atoms with Crippen LogP contribution in [0.1, 0.15) is 30.4 Å². The predicted octanol–water partition coefficient (Wildman–Crippen LogP) is 5.00. The Kier molecular flexibility index (Phi) is 4.09. The third-order valence-electron chi connectivity index (χ3n) is 5.40. The van der Waals surface area contributed by atoms with E-state index < -0.39 is 5.92 Å². The minimum Gasteiger partial charge on any atom is -0.298 e. The Morgan fingerprint density at radius 2 is 1.52 bits per heavy atom. The molecule has 0 amide bonds. The predicted molar refractivity (Wildman–Crippen MR) is 99.8 cm³/mol. The third-order valence-corrected chi connectivity index (χ3v) is 5.65. The number of allylic oxidation sites excluding steroid dienone is 2. The first-order valence-electron chi connectivity index (χ1n) is 8.73. The minimum atomic E-state index is -0.624. The van der Waals surface area contributed by atoms with Crippen molar-refractivity contribution in [3.63, 3.8) is 0 Å². The van der Waals surface area contributed by atoms with E-state index in [0.29, 0.717) is 11.4 Å². The fourth-order valence-electron chi connectivity index (χ4n) is 4.00. The quantitative estimate of drug-likeness (QED) is 0.576. The van der Waals surface area contributed by atoms with E-state index in [-0.39, 0.29) is 23.4 Å². The molecule has 1 unspecified atom stereocenters. The van der Waals surface area contributed by atoms with Crippen molar-refractivity contribution in [2.45, 2.75) is 25.7 Å². The van der Waals surface area contributed by atoms with Crippen LogP contribution in [-0.2, 0) is 16.0 Å². The van der Waals surface area contributed by atoms with E-state index in [0.717, 1.165) is 28.7 Å². The van der Waals surface area contributed by atoms with Gasteiger partial charge in [-0.15, -0.1) is 0 Å². The highest BCUT2D eigenvalue weighted by Gasteiger charge is 2.45. The fourth-order valence-corrected chi connectivity index (χ4v) is 4.13. The van der Waals surface area contributed by atoms with Crippen LogP contribution in [0.3, 0.4) is 0 Å². The van der Waals surface area contributed by atoms with Crippen molar-refractivity contribution < 1.29 is 9.59 Å². The molecule has 0 N–H and O–H groups in total. The first-order chi connectivity index (χ1) is 12.1. The van der Waals surface area contributed by atoms with E-state index in [1.165, 1.54) is 0 Å². The molecule has 0 saturated heterocycles. The van der Waals surface area contributed by atoms with Gasteiger partial charge in [-0.1, -0.05) is 54.9 Å². The summed E-state index contributed by atoms with van der Waals surface area (Å²) >= 11 is 5.98. The number of carbonyl (C=O) groups is 2. The molecule has 126 valence electrons. The van der Waals surface area contributed by atoms with Gasteiger partial charge in [-0.05, 0) is 53.3 Å². The number of ketones is 2. The SMILES string of the molecule is CCc1ccc(-c2ccc(Cl)cc2)cc1C1C(=O)[C@@H]2C=C[C@@H](C2)C1=O. The van der Waals surface area contributed by atoms with Crippen LogP contribution in [0.4, 0.5) is 0 Å². The summed E-state index contributed by atoms with van der Waals surface area (Å²) in [6.45, 7) is 2.06. The molecular weight excluding hydrogens is 332 g/mol. The van der Waals surface area contributed by atoms with Gasteiger partial charge in [0, 0.05) is 16.9 Å². The maximum absolute atomic E-state index is 12.9. The number of aryl methyl sites for hydroxylation is 1. The molecule has 3 heteroatoms. The van der Waals surface area contributed by atoms with Crippen molar-refractivity contribution in [3.05, 3.63) is 70.8 Å². The lowest BCUT2D eigenvalue weighted by Gasteiger charge is -2.27. The highest BCUT2D eigenvalue weighted by Crippen LogP contribution is 2.41. The molecule has 2 aromatic carbocycles. The van der Waals surface area contributed by atoms with Crippen LogP contribution in [0.2, 0.25) is 5.02 Å². The molecule has 0 spiro atoms. The van der Waals surface area contributed by atoms with Crippen LogP contribution in [-0.4, -0.2) is 11.6 Å². The standard InChI is InChI=1S/C22H19ClO2/c1-2-13-3-4-15(14-7-9-18(23)10-8-14)12-19(13)20-21(24)16-5-6-17(11-16)22(20)25/h3-10,12,16-17,20H,2,11H2,1H3/t16-,17+,20?. The van der Waals surface area contributed by atoms with Crippen LogP contribution in [0.15, 0.2) is 54.6 Å². The number of benzene rings is 2. The summed E-state index contributed by atoms with van der Waals surface area (Å²) in [5.74, 6) is -0.718. The Morgan fingerprint density at radius 3 is 2.12 bits per heavy atom. The van der Waals surface area contributed by atoms with Gasteiger partial charge in [0.25, 0.3) is 0 Å². The van der Waals surface area contributed by atoms with Crippen molar-refractivity contribution >= 4 is 23.2 Å². The first-order valence-corrected chi connectivity index (χ1v) is 9.11. The van der Waals surface area contributed by atoms with Crippen LogP contribution >= 0.6 is 11.6 Å². The van der Waals surface area contributed by atoms with E-state index in [1.54, 1.807) is 0 Å². The number of hydrogen-bond acceptors (Lipinski definition) is 2. The van der Waals surface area contributed by atoms with Crippen molar-refractivity contribution in [1.29, 1.82) is 0 Å². The van der Waals surface area contributed by atoms with Crippen LogP contribution in [0.5, 0.6) is 0 Å². The van der Waals surface area contributed by atoms with Gasteiger partial charge in [0.15, 0.2) is 11.6 Å². The van der Waals surface area contributed by atoms with Crippen LogP contribution in [0, 0.1) is 11.8 Å². The largest absolute Gasteiger partial charge is 0.298 e. The number of fused-ring (bicyclic) bond motifs is 2. The summed E-state index contributed by atoms with van der Waals surface area (Å²) in [5.41, 5.74) is 3.99. The van der Waals surface area contributed by atoms with Gasteiger partial charge in [-0.2, -0.15) is 0 Å². The Labute approximate surface area is 152 Å². The lowest BCUT2D eigenvalue weighted by Crippen LogP contribution is -2.35. The smallest absolute Gasteiger partial charge is 0.154 e. The van der Waals surface area contributed by atoms with E-state index in [4.69, 9.17) is 11.6 Å². The normalized spacial score (nSPS) is 24.8. The summed E-state index contributed by atoms with van der Waals surface area (Å²) in [7, 11) is 0. The zero-order valence-corrected chi connectivity index (χ0v) is 14.8. The van der Waals surface area contributed by atoms with E-state index in [9.17, 15) is 9.59 Å². The second-order valence-electron chi connectivity index (χ2n) is 6.85. The zero-order chi connectivity index (χ0) is 17.6. The first kappa shape index (κ1) is 16.3. The molecule has 4 rings (SSSR count). The summed E-state index contributed by atoms with van der Waals surface area (Å²) in [6, 6.07) is 13.7. The monoisotopic (exact) mass is 350 g/mol. The molecule has 2 aliphatic rings. The Bertz CT molecular complexity index is 855. The minimum absolute atomic E-state index is 0.0537. The molecule has 0 heterocycles. The Morgan fingerprint density at radius 1 is 0.920 bits per heavy atom. The lowest BCUT2D eigenvalue weighted by atomic mass is 9.73. The van der Waals surface area contributed by atoms with Crippen LogP contribution in [0.25, 0.3) is 11.1 Å². The molecule has 0 radical (unpaired) electrons. The number of carbonyl (C=O) groups excluding carboxylic acids is 2. The average molecular weight is 351 g/mol. The van der Waals surface area contributed by atoms with Gasteiger partial charge >= 0.3 is 0 Å². The number of halogens is 1. The highest BCUT2D eigenvalue weighted by atomic mass is 35.5. The molecule has 1 fully saturated rings. The van der Waals surface area contributed by atoms with Gasteiger partial charge in [0.2, 0.25) is 0 Å². The Balaban J connectivity index is 1.80. The van der Waals surface area contributed by atoms with E-state index in [2.05, 4.69) is 13.0 Å². The van der Waals surface area contributed by atoms with Gasteiger partial charge in [-0.3, -0.25) is 9.59 Å². The van der Waals surface area contributed by atoms with Crippen molar-refractivity contribution in [2.75, 3.05) is 0 Å². The fraction of sp³-hybridized carbons (Fsp3) is 0.273. The average Bonchev–Trinajstić information content (AvgIpc) is 3.08. The third kappa shape index (κ3) is 2.75. The van der Waals surface area contributed by atoms with Crippen molar-refractivity contribution in [1.82, 2.24) is 0 Å². The van der Waals surface area contributed by atoms with Gasteiger partial charge in [-0.25, -0.2) is 0 Å². The summed E-state index contributed by atoms with van der Waals surface area (Å²) in [6.07, 6.45) is 5.29. The van der Waals surface area contributed by atoms with Crippen molar-refractivity contribution in [2.24, 2.45) is 11.8 Å². The van der Waals surface area contributed by atoms with Gasteiger partial charge in [0.1, 0.15) is 5.92 Å². The molecule has 1 saturated carbocycles. The maximum atomic E-state index is 12.9. The van der Waals surface area contributed by atoms with Crippen LogP contribution < -0.4 is 0 Å². The highest BCUT2D eigenvalue weighted by molar-refractivity contribution is 6.30. The Hall–Kier alpha value is -2.19. The molecule has 2 nitrogen and oxygen atoms in total. The molecule has 2 aliphatic carbocycles. The summed E-state index contributed by atoms with van der Waals surface area (Å²) in [5, 5.41) is 0.689. The second-order valence-corrected chi connectivity index (χ2v) is 7.28. The topological polar surface area (TPSA) is 34.1 Å². The van der Waals surface area contributed by atoms with Gasteiger partial charge < -0.3 is 0 Å². The molecular formula is C22H19ClO2. The molecule has 3 atom stereocenters. The zero-order valence-electron chi connectivity index (χ0n) is 14.0. The van der Waals surface area contributed by atoms with Gasteiger partial charge in [0.05, 0.1) is 0 Å². The molecule has 0 aromatic heterocycles. The molecule has 25 heavy (non-hydrogen) atoms. The van der Waals surface area contributed by atoms with E-state index in [1.807, 2.05) is 48.6 Å².